The number of nitrogens with two attached hydrogens (primary N) is 1. The van der Waals surface area contributed by atoms with Gasteiger partial charge in [-0.3, -0.25) is 4.90 Å². The summed E-state index contributed by atoms with van der Waals surface area (Å²) in [4.78, 5) is 4.79. The predicted molar refractivity (Wildman–Crippen MR) is 90.1 cm³/mol. The summed E-state index contributed by atoms with van der Waals surface area (Å²) in [6.07, 6.45) is 0. The zero-order chi connectivity index (χ0) is 15.4. The van der Waals surface area contributed by atoms with Crippen LogP contribution in [0, 0.1) is 5.92 Å². The Morgan fingerprint density at radius 1 is 1.33 bits per heavy atom. The first-order chi connectivity index (χ1) is 10.0. The molecule has 1 fully saturated rings. The van der Waals surface area contributed by atoms with Crippen molar-refractivity contribution in [3.8, 4) is 0 Å². The summed E-state index contributed by atoms with van der Waals surface area (Å²) in [5.74, 6) is 0.841. The number of hydrogen-bond acceptors (Lipinski definition) is 4. The summed E-state index contributed by atoms with van der Waals surface area (Å²) in [5.41, 5.74) is 7.60. The monoisotopic (exact) mass is 354 g/mol. The van der Waals surface area contributed by atoms with Gasteiger partial charge < -0.3 is 15.8 Å². The summed E-state index contributed by atoms with van der Waals surface area (Å²) in [5, 5.41) is 12.1. The van der Waals surface area contributed by atoms with Gasteiger partial charge in [-0.2, -0.15) is 0 Å². The van der Waals surface area contributed by atoms with E-state index in [1.165, 1.54) is 0 Å². The summed E-state index contributed by atoms with van der Waals surface area (Å²) < 4.78 is 0.922. The maximum Gasteiger partial charge on any atom is 0.172 e. The molecule has 0 spiro atoms. The highest BCUT2D eigenvalue weighted by atomic mass is 79.9. The van der Waals surface area contributed by atoms with E-state index in [1.54, 1.807) is 0 Å². The van der Waals surface area contributed by atoms with Gasteiger partial charge in [-0.05, 0) is 24.1 Å². The summed E-state index contributed by atoms with van der Waals surface area (Å²) >= 11 is 3.44. The smallest absolute Gasteiger partial charge is 0.172 e. The van der Waals surface area contributed by atoms with Crippen LogP contribution in [0.3, 0.4) is 0 Å². The number of piperazine rings is 1. The third-order valence-electron chi connectivity index (χ3n) is 3.68. The molecule has 0 aliphatic carbocycles. The van der Waals surface area contributed by atoms with E-state index in [-0.39, 0.29) is 5.84 Å². The molecule has 116 valence electrons. The molecule has 3 N–H and O–H groups in total. The molecular formula is C15H23BrN4O. The number of hydrogen-bond donors (Lipinski definition) is 2. The number of halogens is 1. The number of rotatable bonds is 4. The summed E-state index contributed by atoms with van der Waals surface area (Å²) in [7, 11) is 0. The molecule has 0 amide bonds. The zero-order valence-corrected chi connectivity index (χ0v) is 14.2. The Morgan fingerprint density at radius 3 is 2.57 bits per heavy atom. The lowest BCUT2D eigenvalue weighted by Gasteiger charge is -2.37. The minimum Gasteiger partial charge on any atom is -0.409 e. The van der Waals surface area contributed by atoms with E-state index < -0.39 is 0 Å². The molecule has 1 saturated heterocycles. The van der Waals surface area contributed by atoms with Crippen LogP contribution in [0.5, 0.6) is 0 Å². The first-order valence-electron chi connectivity index (χ1n) is 7.26. The van der Waals surface area contributed by atoms with Crippen LogP contribution in [0.2, 0.25) is 0 Å². The quantitative estimate of drug-likeness (QED) is 0.377. The van der Waals surface area contributed by atoms with Gasteiger partial charge in [0.2, 0.25) is 0 Å². The van der Waals surface area contributed by atoms with Crippen molar-refractivity contribution >= 4 is 27.5 Å². The molecule has 1 heterocycles. The third kappa shape index (κ3) is 4.11. The third-order valence-corrected chi connectivity index (χ3v) is 4.17. The fraction of sp³-hybridized carbons (Fsp3) is 0.533. The van der Waals surface area contributed by atoms with Crippen LogP contribution < -0.4 is 10.6 Å². The van der Waals surface area contributed by atoms with Crippen molar-refractivity contribution in [2.45, 2.75) is 13.8 Å². The van der Waals surface area contributed by atoms with E-state index in [9.17, 15) is 0 Å². The molecule has 0 bridgehead atoms. The number of benzene rings is 1. The topological polar surface area (TPSA) is 65.1 Å². The lowest BCUT2D eigenvalue weighted by molar-refractivity contribution is 0.231. The average molecular weight is 355 g/mol. The summed E-state index contributed by atoms with van der Waals surface area (Å²) in [6, 6.07) is 5.91. The SMILES string of the molecule is CC(C)CN1CCN(c2ccc(Br)cc2/C(N)=N/O)CC1. The largest absolute Gasteiger partial charge is 0.409 e. The number of amidine groups is 1. The van der Waals surface area contributed by atoms with Gasteiger partial charge in [0.25, 0.3) is 0 Å². The molecule has 5 nitrogen and oxygen atoms in total. The van der Waals surface area contributed by atoms with Crippen LogP contribution in [-0.2, 0) is 0 Å². The van der Waals surface area contributed by atoms with Crippen molar-refractivity contribution < 1.29 is 5.21 Å². The first-order valence-corrected chi connectivity index (χ1v) is 8.05. The minimum atomic E-state index is 0.149. The van der Waals surface area contributed by atoms with Crippen molar-refractivity contribution in [1.82, 2.24) is 4.90 Å². The van der Waals surface area contributed by atoms with E-state index >= 15 is 0 Å². The van der Waals surface area contributed by atoms with Crippen LogP contribution in [-0.4, -0.2) is 48.7 Å². The van der Waals surface area contributed by atoms with Crippen molar-refractivity contribution in [2.24, 2.45) is 16.8 Å². The number of oxime groups is 1. The van der Waals surface area contributed by atoms with Gasteiger partial charge in [-0.25, -0.2) is 0 Å². The van der Waals surface area contributed by atoms with Gasteiger partial charge in [-0.1, -0.05) is 34.9 Å². The maximum absolute atomic E-state index is 8.96. The maximum atomic E-state index is 8.96. The fourth-order valence-corrected chi connectivity index (χ4v) is 3.09. The van der Waals surface area contributed by atoms with E-state index in [4.69, 9.17) is 10.9 Å². The average Bonchev–Trinajstić information content (AvgIpc) is 2.47. The lowest BCUT2D eigenvalue weighted by atomic mass is 10.1. The van der Waals surface area contributed by atoms with Gasteiger partial charge >= 0.3 is 0 Å². The predicted octanol–water partition coefficient (Wildman–Crippen LogP) is 2.32. The molecule has 1 aliphatic rings. The van der Waals surface area contributed by atoms with Crippen LogP contribution in [0.25, 0.3) is 0 Å². The van der Waals surface area contributed by atoms with Gasteiger partial charge in [0.1, 0.15) is 0 Å². The molecule has 1 aliphatic heterocycles. The first kappa shape index (κ1) is 16.1. The molecular weight excluding hydrogens is 332 g/mol. The molecule has 21 heavy (non-hydrogen) atoms. The highest BCUT2D eigenvalue weighted by Gasteiger charge is 2.20. The standard InChI is InChI=1S/C15H23BrN4O/c1-11(2)10-19-5-7-20(8-6-19)14-4-3-12(16)9-13(14)15(17)18-21/h3-4,9,11,21H,5-8,10H2,1-2H3,(H2,17,18). The highest BCUT2D eigenvalue weighted by molar-refractivity contribution is 9.10. The number of anilines is 1. The number of nitrogens with zero attached hydrogens (tertiary/aromatic N) is 3. The zero-order valence-electron chi connectivity index (χ0n) is 12.6. The Labute approximate surface area is 134 Å². The molecule has 2 rings (SSSR count). The van der Waals surface area contributed by atoms with Crippen LogP contribution >= 0.6 is 15.9 Å². The Hall–Kier alpha value is -1.27. The van der Waals surface area contributed by atoms with Gasteiger partial charge in [-0.15, -0.1) is 0 Å². The molecule has 1 aromatic carbocycles. The Bertz CT molecular complexity index is 510. The van der Waals surface area contributed by atoms with Gasteiger partial charge in [0.15, 0.2) is 5.84 Å². The molecule has 0 radical (unpaired) electrons. The van der Waals surface area contributed by atoms with Crippen molar-refractivity contribution in [3.05, 3.63) is 28.2 Å². The van der Waals surface area contributed by atoms with Gasteiger partial charge in [0.05, 0.1) is 0 Å². The van der Waals surface area contributed by atoms with E-state index in [1.807, 2.05) is 18.2 Å². The second kappa shape index (κ2) is 7.13. The summed E-state index contributed by atoms with van der Waals surface area (Å²) in [6.45, 7) is 9.64. The van der Waals surface area contributed by atoms with E-state index in [2.05, 4.69) is 44.7 Å². The van der Waals surface area contributed by atoms with E-state index in [0.717, 1.165) is 48.4 Å². The van der Waals surface area contributed by atoms with Crippen molar-refractivity contribution in [1.29, 1.82) is 0 Å². The highest BCUT2D eigenvalue weighted by Crippen LogP contribution is 2.25. The second-order valence-corrected chi connectivity index (χ2v) is 6.74. The molecule has 0 saturated carbocycles. The van der Waals surface area contributed by atoms with E-state index in [0.29, 0.717) is 5.92 Å². The fourth-order valence-electron chi connectivity index (χ4n) is 2.73. The van der Waals surface area contributed by atoms with Gasteiger partial charge in [0, 0.05) is 48.4 Å². The van der Waals surface area contributed by atoms with Crippen molar-refractivity contribution in [3.63, 3.8) is 0 Å². The van der Waals surface area contributed by atoms with Crippen LogP contribution in [0.15, 0.2) is 27.8 Å². The van der Waals surface area contributed by atoms with Crippen LogP contribution in [0.1, 0.15) is 19.4 Å². The Kier molecular flexibility index (Phi) is 5.47. The molecule has 1 aromatic rings. The Balaban J connectivity index is 2.13. The van der Waals surface area contributed by atoms with Crippen molar-refractivity contribution in [2.75, 3.05) is 37.6 Å². The molecule has 0 atom stereocenters. The molecule has 0 unspecified atom stereocenters. The normalized spacial score (nSPS) is 17.5. The Morgan fingerprint density at radius 2 is 2.00 bits per heavy atom. The second-order valence-electron chi connectivity index (χ2n) is 5.83. The minimum absolute atomic E-state index is 0.149. The molecule has 6 heteroatoms. The molecule has 0 aromatic heterocycles. The van der Waals surface area contributed by atoms with Crippen LogP contribution in [0.4, 0.5) is 5.69 Å². The lowest BCUT2D eigenvalue weighted by Crippen LogP contribution is -2.47.